The predicted molar refractivity (Wildman–Crippen MR) is 64.6 cm³/mol. The molecule has 2 heteroatoms. The van der Waals surface area contributed by atoms with Crippen LogP contribution in [0.2, 0.25) is 0 Å². The summed E-state index contributed by atoms with van der Waals surface area (Å²) in [5.41, 5.74) is 1.09. The third-order valence-electron chi connectivity index (χ3n) is 2.60. The molecule has 2 nitrogen and oxygen atoms in total. The SMILES string of the molecule is CCc1c(OC(C)=O)ccc2ccccc12. The first-order chi connectivity index (χ1) is 7.72. The fraction of sp³-hybridized carbons (Fsp3) is 0.214. The molecule has 0 fully saturated rings. The van der Waals surface area contributed by atoms with Crippen molar-refractivity contribution < 1.29 is 9.53 Å². The van der Waals surface area contributed by atoms with Crippen molar-refractivity contribution in [2.24, 2.45) is 0 Å². The lowest BCUT2D eigenvalue weighted by molar-refractivity contribution is -0.131. The number of carbonyl (C=O) groups excluding carboxylic acids is 1. The number of carbonyl (C=O) groups is 1. The van der Waals surface area contributed by atoms with Crippen molar-refractivity contribution in [2.75, 3.05) is 0 Å². The van der Waals surface area contributed by atoms with Crippen molar-refractivity contribution in [1.29, 1.82) is 0 Å². The molecular formula is C14H14O2. The second-order valence-corrected chi connectivity index (χ2v) is 3.71. The number of fused-ring (bicyclic) bond motifs is 1. The number of ether oxygens (including phenoxy) is 1. The predicted octanol–water partition coefficient (Wildman–Crippen LogP) is 3.33. The summed E-state index contributed by atoms with van der Waals surface area (Å²) in [5.74, 6) is 0.402. The molecule has 0 bridgehead atoms. The summed E-state index contributed by atoms with van der Waals surface area (Å²) in [6, 6.07) is 12.0. The van der Waals surface area contributed by atoms with Gasteiger partial charge in [-0.1, -0.05) is 37.3 Å². The van der Waals surface area contributed by atoms with E-state index >= 15 is 0 Å². The molecule has 0 aliphatic carbocycles. The molecule has 2 aromatic carbocycles. The van der Waals surface area contributed by atoms with Gasteiger partial charge in [-0.05, 0) is 23.3 Å². The van der Waals surface area contributed by atoms with Gasteiger partial charge in [0.2, 0.25) is 0 Å². The van der Waals surface area contributed by atoms with Gasteiger partial charge >= 0.3 is 5.97 Å². The molecule has 0 aliphatic rings. The second kappa shape index (κ2) is 4.35. The molecule has 16 heavy (non-hydrogen) atoms. The summed E-state index contributed by atoms with van der Waals surface area (Å²) in [6.07, 6.45) is 0.851. The van der Waals surface area contributed by atoms with E-state index in [-0.39, 0.29) is 5.97 Å². The van der Waals surface area contributed by atoms with E-state index < -0.39 is 0 Å². The van der Waals surface area contributed by atoms with Gasteiger partial charge in [0.25, 0.3) is 0 Å². The second-order valence-electron chi connectivity index (χ2n) is 3.71. The first-order valence-electron chi connectivity index (χ1n) is 5.41. The van der Waals surface area contributed by atoms with Gasteiger partial charge in [0.05, 0.1) is 0 Å². The highest BCUT2D eigenvalue weighted by Crippen LogP contribution is 2.28. The van der Waals surface area contributed by atoms with Gasteiger partial charge < -0.3 is 4.74 Å². The summed E-state index contributed by atoms with van der Waals surface area (Å²) in [4.78, 5) is 11.0. The highest BCUT2D eigenvalue weighted by Gasteiger charge is 2.08. The molecule has 0 saturated heterocycles. The molecule has 2 aromatic rings. The standard InChI is InChI=1S/C14H14O2/c1-3-12-13-7-5-4-6-11(13)8-9-14(12)16-10(2)15/h4-9H,3H2,1-2H3. The van der Waals surface area contributed by atoms with E-state index in [9.17, 15) is 4.79 Å². The summed E-state index contributed by atoms with van der Waals surface area (Å²) in [5, 5.41) is 2.33. The topological polar surface area (TPSA) is 26.3 Å². The van der Waals surface area contributed by atoms with E-state index in [0.717, 1.165) is 17.4 Å². The first kappa shape index (κ1) is 10.7. The van der Waals surface area contributed by atoms with Crippen LogP contribution in [0.5, 0.6) is 5.75 Å². The van der Waals surface area contributed by atoms with E-state index in [1.165, 1.54) is 12.3 Å². The highest BCUT2D eigenvalue weighted by atomic mass is 16.5. The largest absolute Gasteiger partial charge is 0.426 e. The highest BCUT2D eigenvalue weighted by molar-refractivity contribution is 5.88. The number of esters is 1. The molecule has 82 valence electrons. The van der Waals surface area contributed by atoms with Gasteiger partial charge in [-0.25, -0.2) is 0 Å². The van der Waals surface area contributed by atoms with Crippen molar-refractivity contribution in [3.63, 3.8) is 0 Å². The van der Waals surface area contributed by atoms with Gasteiger partial charge in [0.1, 0.15) is 5.75 Å². The van der Waals surface area contributed by atoms with Crippen LogP contribution in [0.15, 0.2) is 36.4 Å². The minimum Gasteiger partial charge on any atom is -0.426 e. The third-order valence-corrected chi connectivity index (χ3v) is 2.60. The molecule has 0 saturated carbocycles. The molecule has 0 N–H and O–H groups in total. The molecule has 0 spiro atoms. The van der Waals surface area contributed by atoms with E-state index in [1.807, 2.05) is 24.3 Å². The summed E-state index contributed by atoms with van der Waals surface area (Å²) >= 11 is 0. The Balaban J connectivity index is 2.63. The van der Waals surface area contributed by atoms with Crippen molar-refractivity contribution in [3.05, 3.63) is 42.0 Å². The van der Waals surface area contributed by atoms with Crippen LogP contribution in [0.4, 0.5) is 0 Å². The molecule has 0 amide bonds. The minimum absolute atomic E-state index is 0.273. The maximum absolute atomic E-state index is 11.0. The Bertz CT molecular complexity index is 529. The molecule has 0 atom stereocenters. The van der Waals surface area contributed by atoms with Crippen LogP contribution < -0.4 is 4.74 Å². The lowest BCUT2D eigenvalue weighted by Gasteiger charge is -2.10. The third kappa shape index (κ3) is 1.91. The smallest absolute Gasteiger partial charge is 0.308 e. The number of hydrogen-bond donors (Lipinski definition) is 0. The number of rotatable bonds is 2. The quantitative estimate of drug-likeness (QED) is 0.566. The van der Waals surface area contributed by atoms with Crippen LogP contribution in [-0.4, -0.2) is 5.97 Å². The van der Waals surface area contributed by atoms with Gasteiger partial charge in [-0.2, -0.15) is 0 Å². The fourth-order valence-corrected chi connectivity index (χ4v) is 1.93. The van der Waals surface area contributed by atoms with Crippen molar-refractivity contribution in [1.82, 2.24) is 0 Å². The lowest BCUT2D eigenvalue weighted by atomic mass is 10.0. The number of benzene rings is 2. The maximum Gasteiger partial charge on any atom is 0.308 e. The van der Waals surface area contributed by atoms with E-state index in [2.05, 4.69) is 19.1 Å². The maximum atomic E-state index is 11.0. The fourth-order valence-electron chi connectivity index (χ4n) is 1.93. The molecular weight excluding hydrogens is 200 g/mol. The van der Waals surface area contributed by atoms with Crippen LogP contribution in [0.25, 0.3) is 10.8 Å². The van der Waals surface area contributed by atoms with Gasteiger partial charge in [-0.3, -0.25) is 4.79 Å². The van der Waals surface area contributed by atoms with Crippen LogP contribution in [0.1, 0.15) is 19.4 Å². The van der Waals surface area contributed by atoms with Crippen LogP contribution >= 0.6 is 0 Å². The van der Waals surface area contributed by atoms with Crippen LogP contribution in [0.3, 0.4) is 0 Å². The summed E-state index contributed by atoms with van der Waals surface area (Å²) < 4.78 is 5.21. The number of hydrogen-bond acceptors (Lipinski definition) is 2. The Morgan fingerprint density at radius 2 is 1.94 bits per heavy atom. The van der Waals surface area contributed by atoms with Crippen LogP contribution in [0, 0.1) is 0 Å². The Hall–Kier alpha value is -1.83. The summed E-state index contributed by atoms with van der Waals surface area (Å²) in [6.45, 7) is 3.49. The Kier molecular flexibility index (Phi) is 2.91. The molecule has 0 aliphatic heterocycles. The Morgan fingerprint density at radius 3 is 2.62 bits per heavy atom. The van der Waals surface area contributed by atoms with E-state index in [4.69, 9.17) is 4.74 Å². The molecule has 0 heterocycles. The van der Waals surface area contributed by atoms with E-state index in [0.29, 0.717) is 5.75 Å². The lowest BCUT2D eigenvalue weighted by Crippen LogP contribution is -2.03. The first-order valence-corrected chi connectivity index (χ1v) is 5.41. The molecule has 0 unspecified atom stereocenters. The van der Waals surface area contributed by atoms with Crippen LogP contribution in [-0.2, 0) is 11.2 Å². The zero-order chi connectivity index (χ0) is 11.5. The van der Waals surface area contributed by atoms with Gasteiger partial charge in [0.15, 0.2) is 0 Å². The van der Waals surface area contributed by atoms with Gasteiger partial charge in [0, 0.05) is 12.5 Å². The zero-order valence-corrected chi connectivity index (χ0v) is 9.49. The Labute approximate surface area is 94.8 Å². The monoisotopic (exact) mass is 214 g/mol. The Morgan fingerprint density at radius 1 is 1.19 bits per heavy atom. The normalized spacial score (nSPS) is 10.4. The molecule has 0 aromatic heterocycles. The van der Waals surface area contributed by atoms with Gasteiger partial charge in [-0.15, -0.1) is 0 Å². The average Bonchev–Trinajstić information content (AvgIpc) is 2.28. The number of aryl methyl sites for hydroxylation is 1. The van der Waals surface area contributed by atoms with Crippen molar-refractivity contribution >= 4 is 16.7 Å². The summed E-state index contributed by atoms with van der Waals surface area (Å²) in [7, 11) is 0. The van der Waals surface area contributed by atoms with Crippen molar-refractivity contribution in [3.8, 4) is 5.75 Å². The average molecular weight is 214 g/mol. The van der Waals surface area contributed by atoms with E-state index in [1.54, 1.807) is 0 Å². The minimum atomic E-state index is -0.273. The molecule has 0 radical (unpaired) electrons. The van der Waals surface area contributed by atoms with Crippen molar-refractivity contribution in [2.45, 2.75) is 20.3 Å². The zero-order valence-electron chi connectivity index (χ0n) is 9.49. The molecule has 2 rings (SSSR count).